The topological polar surface area (TPSA) is 57.8 Å². The first-order valence-electron chi connectivity index (χ1n) is 8.58. The van der Waals surface area contributed by atoms with Crippen molar-refractivity contribution in [1.29, 1.82) is 0 Å². The van der Waals surface area contributed by atoms with Crippen molar-refractivity contribution in [3.05, 3.63) is 65.0 Å². The van der Waals surface area contributed by atoms with Crippen molar-refractivity contribution < 1.29 is 4.79 Å². The summed E-state index contributed by atoms with van der Waals surface area (Å²) in [5.41, 5.74) is 5.36. The fraction of sp³-hybridized carbons (Fsp3) is 0.300. The fourth-order valence-corrected chi connectivity index (χ4v) is 3.40. The second-order valence-electron chi connectivity index (χ2n) is 6.52. The van der Waals surface area contributed by atoms with E-state index in [2.05, 4.69) is 27.4 Å². The molecular formula is C20H21N3O. The largest absolute Gasteiger partial charge is 0.342 e. The number of H-pyrrole nitrogens is 1. The third-order valence-electron chi connectivity index (χ3n) is 4.78. The van der Waals surface area contributed by atoms with Crippen LogP contribution >= 0.6 is 0 Å². The van der Waals surface area contributed by atoms with Gasteiger partial charge in [-0.1, -0.05) is 18.2 Å². The van der Waals surface area contributed by atoms with Crippen molar-refractivity contribution in [2.45, 2.75) is 38.6 Å². The number of nitrogens with one attached hydrogen (secondary N) is 2. The van der Waals surface area contributed by atoms with Gasteiger partial charge in [0.15, 0.2) is 0 Å². The molecule has 1 aliphatic carbocycles. The van der Waals surface area contributed by atoms with E-state index in [4.69, 9.17) is 0 Å². The lowest BCUT2D eigenvalue weighted by atomic mass is 9.90. The first-order chi connectivity index (χ1) is 11.7. The molecule has 4 nitrogen and oxygen atoms in total. The van der Waals surface area contributed by atoms with Gasteiger partial charge >= 0.3 is 0 Å². The number of hydrogen-bond donors (Lipinski definition) is 2. The van der Waals surface area contributed by atoms with E-state index in [9.17, 15) is 4.79 Å². The number of imidazole rings is 1. The molecule has 1 aromatic heterocycles. The number of nitrogens with zero attached hydrogens (tertiary/aromatic N) is 1. The Morgan fingerprint density at radius 2 is 1.92 bits per heavy atom. The average molecular weight is 319 g/mol. The minimum atomic E-state index is -0.166. The molecule has 0 fully saturated rings. The van der Waals surface area contributed by atoms with Crippen molar-refractivity contribution in [2.75, 3.05) is 0 Å². The Bertz CT molecular complexity index is 864. The summed E-state index contributed by atoms with van der Waals surface area (Å²) in [6, 6.07) is 13.8. The first kappa shape index (κ1) is 14.9. The molecule has 2 N–H and O–H groups in total. The Morgan fingerprint density at radius 3 is 2.75 bits per heavy atom. The summed E-state index contributed by atoms with van der Waals surface area (Å²) in [6.45, 7) is 1.95. The van der Waals surface area contributed by atoms with Crippen LogP contribution in [-0.4, -0.2) is 15.9 Å². The Hall–Kier alpha value is -2.62. The third kappa shape index (κ3) is 2.80. The number of rotatable bonds is 3. The van der Waals surface area contributed by atoms with Gasteiger partial charge in [-0.3, -0.25) is 4.79 Å². The maximum absolute atomic E-state index is 12.6. The molecule has 0 spiro atoms. The van der Waals surface area contributed by atoms with Gasteiger partial charge in [-0.2, -0.15) is 0 Å². The lowest BCUT2D eigenvalue weighted by molar-refractivity contribution is 0.0938. The molecule has 1 unspecified atom stereocenters. The summed E-state index contributed by atoms with van der Waals surface area (Å²) in [7, 11) is 0. The van der Waals surface area contributed by atoms with Gasteiger partial charge in [-0.25, -0.2) is 4.98 Å². The highest BCUT2D eigenvalue weighted by atomic mass is 16.1. The zero-order chi connectivity index (χ0) is 16.5. The molecule has 0 saturated carbocycles. The van der Waals surface area contributed by atoms with E-state index >= 15 is 0 Å². The Morgan fingerprint density at radius 1 is 1.12 bits per heavy atom. The Balaban J connectivity index is 1.52. The minimum Gasteiger partial charge on any atom is -0.342 e. The lowest BCUT2D eigenvalue weighted by Gasteiger charge is -2.17. The Kier molecular flexibility index (Phi) is 3.81. The number of benzene rings is 2. The average Bonchev–Trinajstić information content (AvgIpc) is 3.05. The van der Waals surface area contributed by atoms with Gasteiger partial charge < -0.3 is 10.3 Å². The zero-order valence-electron chi connectivity index (χ0n) is 13.8. The third-order valence-corrected chi connectivity index (χ3v) is 4.78. The molecule has 24 heavy (non-hydrogen) atoms. The van der Waals surface area contributed by atoms with Crippen molar-refractivity contribution in [2.24, 2.45) is 0 Å². The minimum absolute atomic E-state index is 0.0451. The van der Waals surface area contributed by atoms with E-state index in [0.717, 1.165) is 35.3 Å². The number of aromatic nitrogens is 2. The highest BCUT2D eigenvalue weighted by Crippen LogP contribution is 2.23. The number of hydrogen-bond acceptors (Lipinski definition) is 2. The van der Waals surface area contributed by atoms with Crippen molar-refractivity contribution in [3.8, 4) is 0 Å². The van der Waals surface area contributed by atoms with Crippen LogP contribution < -0.4 is 5.32 Å². The quantitative estimate of drug-likeness (QED) is 0.768. The standard InChI is InChI=1S/C20H21N3O/c1-13(19-22-17-8-4-5-9-18(17)23-19)21-20(24)16-11-10-14-6-2-3-7-15(14)12-16/h4-5,8-13H,2-3,6-7H2,1H3,(H,21,24)(H,22,23). The van der Waals surface area contributed by atoms with Crippen molar-refractivity contribution >= 4 is 16.9 Å². The molecule has 0 radical (unpaired) electrons. The van der Waals surface area contributed by atoms with Crippen molar-refractivity contribution in [1.82, 2.24) is 15.3 Å². The van der Waals surface area contributed by atoms with Gasteiger partial charge in [0.05, 0.1) is 17.1 Å². The van der Waals surface area contributed by atoms with E-state index in [1.807, 2.05) is 37.3 Å². The van der Waals surface area contributed by atoms with E-state index in [-0.39, 0.29) is 11.9 Å². The normalized spacial score (nSPS) is 15.0. The van der Waals surface area contributed by atoms with E-state index in [1.165, 1.54) is 24.0 Å². The lowest BCUT2D eigenvalue weighted by Crippen LogP contribution is -2.27. The van der Waals surface area contributed by atoms with Crippen LogP contribution in [0.5, 0.6) is 0 Å². The highest BCUT2D eigenvalue weighted by Gasteiger charge is 2.17. The number of fused-ring (bicyclic) bond motifs is 2. The predicted octanol–water partition coefficient (Wildman–Crippen LogP) is 3.93. The van der Waals surface area contributed by atoms with Crippen molar-refractivity contribution in [3.63, 3.8) is 0 Å². The molecule has 1 amide bonds. The van der Waals surface area contributed by atoms with Gasteiger partial charge in [0.1, 0.15) is 5.82 Å². The molecule has 0 aliphatic heterocycles. The van der Waals surface area contributed by atoms with Gasteiger partial charge in [0.25, 0.3) is 5.91 Å². The summed E-state index contributed by atoms with van der Waals surface area (Å²) in [5, 5.41) is 3.05. The van der Waals surface area contributed by atoms with Crippen LogP contribution in [0.15, 0.2) is 42.5 Å². The number of amides is 1. The van der Waals surface area contributed by atoms with E-state index < -0.39 is 0 Å². The van der Waals surface area contributed by atoms with Crippen LogP contribution in [0.3, 0.4) is 0 Å². The van der Waals surface area contributed by atoms with Gasteiger partial charge in [0, 0.05) is 5.56 Å². The monoisotopic (exact) mass is 319 g/mol. The molecular weight excluding hydrogens is 298 g/mol. The molecule has 1 atom stereocenters. The highest BCUT2D eigenvalue weighted by molar-refractivity contribution is 5.94. The summed E-state index contributed by atoms with van der Waals surface area (Å²) >= 11 is 0. The second kappa shape index (κ2) is 6.11. The number of aromatic amines is 1. The van der Waals surface area contributed by atoms with Crippen LogP contribution in [0.4, 0.5) is 0 Å². The number of aryl methyl sites for hydroxylation is 2. The summed E-state index contributed by atoms with van der Waals surface area (Å²) in [4.78, 5) is 20.4. The summed E-state index contributed by atoms with van der Waals surface area (Å²) in [6.07, 6.45) is 4.68. The fourth-order valence-electron chi connectivity index (χ4n) is 3.40. The van der Waals surface area contributed by atoms with E-state index in [0.29, 0.717) is 0 Å². The van der Waals surface area contributed by atoms with E-state index in [1.54, 1.807) is 0 Å². The molecule has 0 saturated heterocycles. The van der Waals surface area contributed by atoms with Gasteiger partial charge in [0.2, 0.25) is 0 Å². The van der Waals surface area contributed by atoms with Crippen LogP contribution in [-0.2, 0) is 12.8 Å². The molecule has 4 heteroatoms. The number of carbonyl (C=O) groups is 1. The predicted molar refractivity (Wildman–Crippen MR) is 95.1 cm³/mol. The SMILES string of the molecule is CC(NC(=O)c1ccc2c(c1)CCCC2)c1nc2ccccc2[nH]1. The molecule has 1 heterocycles. The zero-order valence-corrected chi connectivity index (χ0v) is 13.8. The molecule has 3 aromatic rings. The van der Waals surface area contributed by atoms with Crippen LogP contribution in [0.1, 0.15) is 53.1 Å². The Labute approximate surface area is 141 Å². The van der Waals surface area contributed by atoms with Crippen LogP contribution in [0.25, 0.3) is 11.0 Å². The maximum atomic E-state index is 12.6. The molecule has 122 valence electrons. The smallest absolute Gasteiger partial charge is 0.251 e. The molecule has 0 bridgehead atoms. The summed E-state index contributed by atoms with van der Waals surface area (Å²) in [5.74, 6) is 0.735. The molecule has 4 rings (SSSR count). The number of carbonyl (C=O) groups excluding carboxylic acids is 1. The van der Waals surface area contributed by atoms with Crippen LogP contribution in [0, 0.1) is 0 Å². The maximum Gasteiger partial charge on any atom is 0.251 e. The van der Waals surface area contributed by atoms with Gasteiger partial charge in [-0.05, 0) is 68.0 Å². The summed E-state index contributed by atoms with van der Waals surface area (Å²) < 4.78 is 0. The number of para-hydroxylation sites is 2. The molecule has 2 aromatic carbocycles. The van der Waals surface area contributed by atoms with Gasteiger partial charge in [-0.15, -0.1) is 0 Å². The molecule has 1 aliphatic rings. The van der Waals surface area contributed by atoms with Crippen LogP contribution in [0.2, 0.25) is 0 Å². The second-order valence-corrected chi connectivity index (χ2v) is 6.52. The first-order valence-corrected chi connectivity index (χ1v) is 8.58.